The number of aromatic nitrogens is 2. The van der Waals surface area contributed by atoms with Crippen LogP contribution in [0.4, 0.5) is 0 Å². The third-order valence-corrected chi connectivity index (χ3v) is 4.13. The average molecular weight is 258 g/mol. The number of carbonyl (C=O) groups is 1. The predicted molar refractivity (Wildman–Crippen MR) is 73.2 cm³/mol. The molecule has 1 aromatic heterocycles. The normalized spacial score (nSPS) is 23.0. The van der Waals surface area contributed by atoms with E-state index in [4.69, 9.17) is 5.11 Å². The maximum absolute atomic E-state index is 10.9. The number of carboxylic acids is 1. The lowest BCUT2D eigenvalue weighted by Gasteiger charge is -2.11. The Kier molecular flexibility index (Phi) is 3.01. The minimum absolute atomic E-state index is 0.298. The average Bonchev–Trinajstić information content (AvgIpc) is 2.96. The van der Waals surface area contributed by atoms with Crippen LogP contribution in [0, 0.1) is 11.8 Å². The van der Waals surface area contributed by atoms with E-state index in [1.54, 1.807) is 12.1 Å². The van der Waals surface area contributed by atoms with E-state index in [2.05, 4.69) is 16.5 Å². The van der Waals surface area contributed by atoms with E-state index in [0.29, 0.717) is 5.56 Å². The van der Waals surface area contributed by atoms with Crippen molar-refractivity contribution in [1.82, 2.24) is 9.55 Å². The number of rotatable bonds is 3. The summed E-state index contributed by atoms with van der Waals surface area (Å²) in [4.78, 5) is 15.3. The highest BCUT2D eigenvalue weighted by Gasteiger charge is 2.22. The van der Waals surface area contributed by atoms with Gasteiger partial charge in [-0.1, -0.05) is 13.3 Å². The molecule has 1 aliphatic rings. The number of carboxylic acid groups (broad SMARTS) is 1. The SMILES string of the molecule is CC1CCC(Cn2cnc3cc(C(=O)O)ccc32)C1. The summed E-state index contributed by atoms with van der Waals surface area (Å²) in [7, 11) is 0. The van der Waals surface area contributed by atoms with Gasteiger partial charge in [-0.2, -0.15) is 0 Å². The molecule has 100 valence electrons. The van der Waals surface area contributed by atoms with Gasteiger partial charge < -0.3 is 9.67 Å². The summed E-state index contributed by atoms with van der Waals surface area (Å²) in [6.07, 6.45) is 5.72. The minimum atomic E-state index is -0.902. The van der Waals surface area contributed by atoms with E-state index in [1.165, 1.54) is 19.3 Å². The monoisotopic (exact) mass is 258 g/mol. The Bertz CT molecular complexity index is 618. The fourth-order valence-corrected chi connectivity index (χ4v) is 3.11. The van der Waals surface area contributed by atoms with Gasteiger partial charge in [-0.3, -0.25) is 0 Å². The Labute approximate surface area is 112 Å². The number of aromatic carboxylic acids is 1. The molecule has 0 spiro atoms. The number of imidazole rings is 1. The molecule has 0 radical (unpaired) electrons. The zero-order chi connectivity index (χ0) is 13.4. The van der Waals surface area contributed by atoms with E-state index in [9.17, 15) is 4.79 Å². The molecule has 1 aliphatic carbocycles. The van der Waals surface area contributed by atoms with Crippen molar-refractivity contribution in [2.75, 3.05) is 0 Å². The van der Waals surface area contributed by atoms with Gasteiger partial charge in [-0.25, -0.2) is 9.78 Å². The molecule has 1 fully saturated rings. The second-order valence-corrected chi connectivity index (χ2v) is 5.69. The first-order valence-electron chi connectivity index (χ1n) is 6.81. The molecule has 2 unspecified atom stereocenters. The van der Waals surface area contributed by atoms with Crippen molar-refractivity contribution in [3.05, 3.63) is 30.1 Å². The first kappa shape index (κ1) is 12.2. The van der Waals surface area contributed by atoms with Crippen molar-refractivity contribution in [1.29, 1.82) is 0 Å². The van der Waals surface area contributed by atoms with Gasteiger partial charge in [0, 0.05) is 6.54 Å². The lowest BCUT2D eigenvalue weighted by atomic mass is 10.1. The summed E-state index contributed by atoms with van der Waals surface area (Å²) in [5.74, 6) is 0.658. The zero-order valence-electron chi connectivity index (χ0n) is 11.0. The molecule has 1 saturated carbocycles. The number of benzene rings is 1. The van der Waals surface area contributed by atoms with Crippen LogP contribution in [0.2, 0.25) is 0 Å². The largest absolute Gasteiger partial charge is 0.478 e. The third kappa shape index (κ3) is 2.35. The molecule has 1 N–H and O–H groups in total. The molecular weight excluding hydrogens is 240 g/mol. The van der Waals surface area contributed by atoms with Crippen molar-refractivity contribution < 1.29 is 9.90 Å². The Morgan fingerprint density at radius 1 is 1.47 bits per heavy atom. The lowest BCUT2D eigenvalue weighted by molar-refractivity contribution is 0.0697. The maximum Gasteiger partial charge on any atom is 0.335 e. The summed E-state index contributed by atoms with van der Waals surface area (Å²) in [6, 6.07) is 5.16. The second-order valence-electron chi connectivity index (χ2n) is 5.69. The number of hydrogen-bond acceptors (Lipinski definition) is 2. The van der Waals surface area contributed by atoms with Gasteiger partial charge in [0.05, 0.1) is 22.9 Å². The van der Waals surface area contributed by atoms with Crippen LogP contribution in [0.25, 0.3) is 11.0 Å². The van der Waals surface area contributed by atoms with Crippen LogP contribution in [-0.4, -0.2) is 20.6 Å². The molecular formula is C15H18N2O2. The van der Waals surface area contributed by atoms with Gasteiger partial charge in [0.2, 0.25) is 0 Å². The van der Waals surface area contributed by atoms with Crippen LogP contribution in [0.15, 0.2) is 24.5 Å². The van der Waals surface area contributed by atoms with E-state index < -0.39 is 5.97 Å². The zero-order valence-corrected chi connectivity index (χ0v) is 11.0. The van der Waals surface area contributed by atoms with E-state index in [-0.39, 0.29) is 0 Å². The van der Waals surface area contributed by atoms with Crippen LogP contribution in [0.5, 0.6) is 0 Å². The molecule has 0 bridgehead atoms. The Hall–Kier alpha value is -1.84. The standard InChI is InChI=1S/C15H18N2O2/c1-10-2-3-11(6-10)8-17-9-16-13-7-12(15(18)19)4-5-14(13)17/h4-5,7,9-11H,2-3,6,8H2,1H3,(H,18,19). The van der Waals surface area contributed by atoms with Crippen LogP contribution in [0.1, 0.15) is 36.5 Å². The summed E-state index contributed by atoms with van der Waals surface area (Å²) < 4.78 is 2.16. The van der Waals surface area contributed by atoms with Crippen molar-refractivity contribution >= 4 is 17.0 Å². The molecule has 2 atom stereocenters. The van der Waals surface area contributed by atoms with Gasteiger partial charge in [-0.05, 0) is 42.9 Å². The summed E-state index contributed by atoms with van der Waals surface area (Å²) >= 11 is 0. The molecule has 4 nitrogen and oxygen atoms in total. The number of nitrogens with zero attached hydrogens (tertiary/aromatic N) is 2. The summed E-state index contributed by atoms with van der Waals surface area (Å²) in [6.45, 7) is 3.30. The van der Waals surface area contributed by atoms with Crippen LogP contribution in [0.3, 0.4) is 0 Å². The van der Waals surface area contributed by atoms with E-state index in [1.807, 2.05) is 12.4 Å². The molecule has 0 amide bonds. The van der Waals surface area contributed by atoms with Gasteiger partial charge in [-0.15, -0.1) is 0 Å². The van der Waals surface area contributed by atoms with Crippen LogP contribution >= 0.6 is 0 Å². The van der Waals surface area contributed by atoms with Crippen molar-refractivity contribution in [3.63, 3.8) is 0 Å². The van der Waals surface area contributed by atoms with Crippen molar-refractivity contribution in [2.45, 2.75) is 32.7 Å². The Morgan fingerprint density at radius 3 is 3.00 bits per heavy atom. The first-order chi connectivity index (χ1) is 9.13. The number of hydrogen-bond donors (Lipinski definition) is 1. The summed E-state index contributed by atoms with van der Waals surface area (Å²) in [5.41, 5.74) is 2.10. The molecule has 0 aliphatic heterocycles. The van der Waals surface area contributed by atoms with Gasteiger partial charge >= 0.3 is 5.97 Å². The van der Waals surface area contributed by atoms with Gasteiger partial charge in [0.25, 0.3) is 0 Å². The fourth-order valence-electron chi connectivity index (χ4n) is 3.11. The topological polar surface area (TPSA) is 55.1 Å². The van der Waals surface area contributed by atoms with E-state index in [0.717, 1.165) is 29.4 Å². The Balaban J connectivity index is 1.86. The van der Waals surface area contributed by atoms with Crippen molar-refractivity contribution in [3.8, 4) is 0 Å². The molecule has 2 aromatic rings. The molecule has 1 heterocycles. The number of fused-ring (bicyclic) bond motifs is 1. The maximum atomic E-state index is 10.9. The summed E-state index contributed by atoms with van der Waals surface area (Å²) in [5, 5.41) is 8.98. The van der Waals surface area contributed by atoms with Crippen molar-refractivity contribution in [2.24, 2.45) is 11.8 Å². The highest BCUT2D eigenvalue weighted by Crippen LogP contribution is 2.32. The first-order valence-corrected chi connectivity index (χ1v) is 6.81. The Morgan fingerprint density at radius 2 is 2.32 bits per heavy atom. The van der Waals surface area contributed by atoms with Crippen LogP contribution in [-0.2, 0) is 6.54 Å². The highest BCUT2D eigenvalue weighted by atomic mass is 16.4. The third-order valence-electron chi connectivity index (χ3n) is 4.13. The van der Waals surface area contributed by atoms with Gasteiger partial charge in [0.15, 0.2) is 0 Å². The lowest BCUT2D eigenvalue weighted by Crippen LogP contribution is -2.06. The van der Waals surface area contributed by atoms with E-state index >= 15 is 0 Å². The molecule has 4 heteroatoms. The molecule has 19 heavy (non-hydrogen) atoms. The fraction of sp³-hybridized carbons (Fsp3) is 0.467. The molecule has 1 aromatic carbocycles. The second kappa shape index (κ2) is 4.68. The van der Waals surface area contributed by atoms with Gasteiger partial charge in [0.1, 0.15) is 0 Å². The molecule has 0 saturated heterocycles. The quantitative estimate of drug-likeness (QED) is 0.920. The molecule has 3 rings (SSSR count). The predicted octanol–water partition coefficient (Wildman–Crippen LogP) is 3.17. The smallest absolute Gasteiger partial charge is 0.335 e. The van der Waals surface area contributed by atoms with Crippen LogP contribution < -0.4 is 0 Å². The highest BCUT2D eigenvalue weighted by molar-refractivity contribution is 5.92. The minimum Gasteiger partial charge on any atom is -0.478 e.